The lowest BCUT2D eigenvalue weighted by Gasteiger charge is -2.30. The first-order chi connectivity index (χ1) is 10.8. The topological polar surface area (TPSA) is 32.3 Å². The molecule has 1 saturated carbocycles. The van der Waals surface area contributed by atoms with Crippen LogP contribution >= 0.6 is 11.6 Å². The van der Waals surface area contributed by atoms with Gasteiger partial charge in [0, 0.05) is 11.1 Å². The van der Waals surface area contributed by atoms with Gasteiger partial charge in [-0.2, -0.15) is 13.2 Å². The quantitative estimate of drug-likeness (QED) is 0.865. The maximum absolute atomic E-state index is 13.0. The molecular formula is C16H20ClF3N2O. The van der Waals surface area contributed by atoms with Crippen LogP contribution in [0.25, 0.3) is 0 Å². The Morgan fingerprint density at radius 1 is 1.30 bits per heavy atom. The summed E-state index contributed by atoms with van der Waals surface area (Å²) >= 11 is 5.62. The van der Waals surface area contributed by atoms with Crippen molar-refractivity contribution in [3.63, 3.8) is 0 Å². The van der Waals surface area contributed by atoms with E-state index in [1.165, 1.54) is 18.6 Å². The molecule has 0 aliphatic heterocycles. The SMILES string of the molecule is CN(CC(=O)Nc1ccc(Cl)cc1C(F)(F)F)C1CCCCC1. The number of carbonyl (C=O) groups excluding carboxylic acids is 1. The molecule has 7 heteroatoms. The number of anilines is 1. The Hall–Kier alpha value is -1.27. The van der Waals surface area contributed by atoms with Crippen LogP contribution < -0.4 is 5.32 Å². The molecule has 1 N–H and O–H groups in total. The van der Waals surface area contributed by atoms with Crippen molar-refractivity contribution in [1.82, 2.24) is 4.90 Å². The molecule has 0 heterocycles. The first-order valence-electron chi connectivity index (χ1n) is 7.64. The lowest BCUT2D eigenvalue weighted by molar-refractivity contribution is -0.137. The Balaban J connectivity index is 2.02. The van der Waals surface area contributed by atoms with Gasteiger partial charge in [0.15, 0.2) is 0 Å². The predicted octanol–water partition coefficient (Wildman–Crippen LogP) is 4.56. The molecule has 1 fully saturated rings. The van der Waals surface area contributed by atoms with Crippen LogP contribution in [0.15, 0.2) is 18.2 Å². The molecule has 128 valence electrons. The Bertz CT molecular complexity index is 557. The summed E-state index contributed by atoms with van der Waals surface area (Å²) in [6.07, 6.45) is 0.953. The minimum atomic E-state index is -4.57. The Kier molecular flexibility index (Phi) is 5.92. The van der Waals surface area contributed by atoms with Crippen LogP contribution in [0, 0.1) is 0 Å². The van der Waals surface area contributed by atoms with E-state index >= 15 is 0 Å². The van der Waals surface area contributed by atoms with Crippen molar-refractivity contribution in [2.75, 3.05) is 18.9 Å². The Labute approximate surface area is 138 Å². The smallest absolute Gasteiger partial charge is 0.324 e. The van der Waals surface area contributed by atoms with Gasteiger partial charge in [0.05, 0.1) is 17.8 Å². The molecule has 1 aromatic rings. The van der Waals surface area contributed by atoms with Crippen molar-refractivity contribution in [2.45, 2.75) is 44.3 Å². The van der Waals surface area contributed by atoms with Crippen LogP contribution in [-0.4, -0.2) is 30.4 Å². The molecule has 0 radical (unpaired) electrons. The molecular weight excluding hydrogens is 329 g/mol. The molecule has 23 heavy (non-hydrogen) atoms. The van der Waals surface area contributed by atoms with E-state index < -0.39 is 17.6 Å². The molecule has 3 nitrogen and oxygen atoms in total. The zero-order chi connectivity index (χ0) is 17.0. The van der Waals surface area contributed by atoms with Gasteiger partial charge >= 0.3 is 6.18 Å². The molecule has 1 aliphatic carbocycles. The monoisotopic (exact) mass is 348 g/mol. The minimum absolute atomic E-state index is 0.0188. The molecule has 0 bridgehead atoms. The molecule has 2 rings (SSSR count). The lowest BCUT2D eigenvalue weighted by Crippen LogP contribution is -2.39. The number of halogens is 4. The largest absolute Gasteiger partial charge is 0.418 e. The number of nitrogens with one attached hydrogen (secondary N) is 1. The van der Waals surface area contributed by atoms with E-state index in [9.17, 15) is 18.0 Å². The van der Waals surface area contributed by atoms with Gasteiger partial charge in [0.1, 0.15) is 0 Å². The van der Waals surface area contributed by atoms with Gasteiger partial charge in [0.2, 0.25) is 5.91 Å². The zero-order valence-corrected chi connectivity index (χ0v) is 13.7. The fourth-order valence-electron chi connectivity index (χ4n) is 2.93. The summed E-state index contributed by atoms with van der Waals surface area (Å²) in [5.74, 6) is -0.453. The highest BCUT2D eigenvalue weighted by molar-refractivity contribution is 6.30. The first kappa shape index (κ1) is 18.1. The van der Waals surface area contributed by atoms with Crippen molar-refractivity contribution < 1.29 is 18.0 Å². The van der Waals surface area contributed by atoms with E-state index in [0.717, 1.165) is 31.7 Å². The third-order valence-corrected chi connectivity index (χ3v) is 4.39. The van der Waals surface area contributed by atoms with Crippen molar-refractivity contribution in [3.8, 4) is 0 Å². The predicted molar refractivity (Wildman–Crippen MR) is 84.6 cm³/mol. The molecule has 1 amide bonds. The van der Waals surface area contributed by atoms with E-state index in [2.05, 4.69) is 5.32 Å². The van der Waals surface area contributed by atoms with E-state index in [4.69, 9.17) is 11.6 Å². The number of hydrogen-bond acceptors (Lipinski definition) is 2. The maximum atomic E-state index is 13.0. The second-order valence-electron chi connectivity index (χ2n) is 5.94. The van der Waals surface area contributed by atoms with Gasteiger partial charge in [-0.15, -0.1) is 0 Å². The maximum Gasteiger partial charge on any atom is 0.418 e. The molecule has 0 saturated heterocycles. The van der Waals surface area contributed by atoms with E-state index in [1.807, 2.05) is 11.9 Å². The number of likely N-dealkylation sites (N-methyl/N-ethyl adjacent to an activating group) is 1. The summed E-state index contributed by atoms with van der Waals surface area (Å²) in [7, 11) is 1.84. The number of hydrogen-bond donors (Lipinski definition) is 1. The van der Waals surface area contributed by atoms with Gasteiger partial charge < -0.3 is 5.32 Å². The first-order valence-corrected chi connectivity index (χ1v) is 8.02. The van der Waals surface area contributed by atoms with Gasteiger partial charge in [0.25, 0.3) is 0 Å². The molecule has 0 spiro atoms. The highest BCUT2D eigenvalue weighted by Gasteiger charge is 2.34. The summed E-state index contributed by atoms with van der Waals surface area (Å²) in [6, 6.07) is 3.66. The van der Waals surface area contributed by atoms with Gasteiger partial charge in [-0.05, 0) is 38.1 Å². The van der Waals surface area contributed by atoms with Crippen molar-refractivity contribution in [1.29, 1.82) is 0 Å². The van der Waals surface area contributed by atoms with Crippen LogP contribution in [0.1, 0.15) is 37.7 Å². The Morgan fingerprint density at radius 3 is 2.57 bits per heavy atom. The van der Waals surface area contributed by atoms with Crippen LogP contribution in [-0.2, 0) is 11.0 Å². The second kappa shape index (κ2) is 7.53. The summed E-state index contributed by atoms with van der Waals surface area (Å²) in [5, 5.41) is 2.34. The van der Waals surface area contributed by atoms with Crippen LogP contribution in [0.5, 0.6) is 0 Å². The van der Waals surface area contributed by atoms with E-state index in [-0.39, 0.29) is 17.3 Å². The number of nitrogens with zero attached hydrogens (tertiary/aromatic N) is 1. The molecule has 1 aromatic carbocycles. The van der Waals surface area contributed by atoms with E-state index in [0.29, 0.717) is 6.04 Å². The normalized spacial score (nSPS) is 16.6. The zero-order valence-electron chi connectivity index (χ0n) is 12.9. The van der Waals surface area contributed by atoms with Gasteiger partial charge in [-0.1, -0.05) is 30.9 Å². The molecule has 0 unspecified atom stereocenters. The fraction of sp³-hybridized carbons (Fsp3) is 0.562. The summed E-state index contributed by atoms with van der Waals surface area (Å²) < 4.78 is 39.0. The average Bonchev–Trinajstić information content (AvgIpc) is 2.49. The van der Waals surface area contributed by atoms with Gasteiger partial charge in [-0.3, -0.25) is 9.69 Å². The standard InChI is InChI=1S/C16H20ClF3N2O/c1-22(12-5-3-2-4-6-12)10-15(23)21-14-8-7-11(17)9-13(14)16(18,19)20/h7-9,12H,2-6,10H2,1H3,(H,21,23). The second-order valence-corrected chi connectivity index (χ2v) is 6.38. The average molecular weight is 349 g/mol. The summed E-state index contributed by atoms with van der Waals surface area (Å²) in [4.78, 5) is 14.0. The molecule has 0 aromatic heterocycles. The van der Waals surface area contributed by atoms with Gasteiger partial charge in [-0.25, -0.2) is 0 Å². The Morgan fingerprint density at radius 2 is 1.96 bits per heavy atom. The van der Waals surface area contributed by atoms with Crippen molar-refractivity contribution in [3.05, 3.63) is 28.8 Å². The highest BCUT2D eigenvalue weighted by atomic mass is 35.5. The van der Waals surface area contributed by atoms with Crippen LogP contribution in [0.4, 0.5) is 18.9 Å². The fourth-order valence-corrected chi connectivity index (χ4v) is 3.10. The van der Waals surface area contributed by atoms with Crippen molar-refractivity contribution in [2.24, 2.45) is 0 Å². The highest BCUT2D eigenvalue weighted by Crippen LogP contribution is 2.36. The van der Waals surface area contributed by atoms with Crippen LogP contribution in [0.2, 0.25) is 5.02 Å². The van der Waals surface area contributed by atoms with Crippen molar-refractivity contribution >= 4 is 23.2 Å². The van der Waals surface area contributed by atoms with E-state index in [1.54, 1.807) is 0 Å². The molecule has 0 atom stereocenters. The minimum Gasteiger partial charge on any atom is -0.324 e. The number of benzene rings is 1. The number of amides is 1. The molecule has 1 aliphatic rings. The number of alkyl halides is 3. The third-order valence-electron chi connectivity index (χ3n) is 4.15. The van der Waals surface area contributed by atoms with Crippen LogP contribution in [0.3, 0.4) is 0 Å². The number of rotatable bonds is 4. The number of carbonyl (C=O) groups is 1. The lowest BCUT2D eigenvalue weighted by atomic mass is 9.94. The summed E-state index contributed by atoms with van der Waals surface area (Å²) in [6.45, 7) is 0.0740. The third kappa shape index (κ3) is 5.11. The summed E-state index contributed by atoms with van der Waals surface area (Å²) in [5.41, 5.74) is -1.19.